The molecule has 0 aromatic heterocycles. The van der Waals surface area contributed by atoms with Crippen molar-refractivity contribution in [1.82, 2.24) is 0 Å². The molecule has 0 radical (unpaired) electrons. The van der Waals surface area contributed by atoms with E-state index < -0.39 is 0 Å². The van der Waals surface area contributed by atoms with Gasteiger partial charge in [0.05, 0.1) is 0 Å². The average Bonchev–Trinajstić information content (AvgIpc) is 2.85. The van der Waals surface area contributed by atoms with Crippen molar-refractivity contribution in [1.29, 1.82) is 0 Å². The van der Waals surface area contributed by atoms with E-state index >= 15 is 0 Å². The maximum absolute atomic E-state index is 2.31. The van der Waals surface area contributed by atoms with Gasteiger partial charge in [0.2, 0.25) is 0 Å². The normalized spacial score (nSPS) is 13.0. The average molecular weight is 298 g/mol. The SMILES string of the molecule is Cc1cc(C)c(CC2c3ccccc3-c3ccccc32)c(C)c1. The van der Waals surface area contributed by atoms with E-state index in [0.717, 1.165) is 6.42 Å². The molecule has 0 saturated carbocycles. The van der Waals surface area contributed by atoms with Crippen LogP contribution in [0.5, 0.6) is 0 Å². The van der Waals surface area contributed by atoms with Crippen LogP contribution >= 0.6 is 0 Å². The minimum absolute atomic E-state index is 0.475. The Labute approximate surface area is 138 Å². The van der Waals surface area contributed by atoms with Crippen LogP contribution in [0.15, 0.2) is 60.7 Å². The molecular formula is C23H22. The first kappa shape index (κ1) is 14.3. The first-order chi connectivity index (χ1) is 11.1. The van der Waals surface area contributed by atoms with Crippen LogP contribution in [0.1, 0.15) is 39.3 Å². The molecule has 0 nitrogen and oxygen atoms in total. The fourth-order valence-electron chi connectivity index (χ4n) is 4.22. The predicted octanol–water partition coefficient (Wildman–Crippen LogP) is 5.97. The zero-order valence-corrected chi connectivity index (χ0v) is 14.1. The van der Waals surface area contributed by atoms with Crippen molar-refractivity contribution in [2.45, 2.75) is 33.1 Å². The molecule has 114 valence electrons. The van der Waals surface area contributed by atoms with Gasteiger partial charge < -0.3 is 0 Å². The predicted molar refractivity (Wildman–Crippen MR) is 98.1 cm³/mol. The zero-order valence-electron chi connectivity index (χ0n) is 14.1. The first-order valence-corrected chi connectivity index (χ1v) is 8.40. The van der Waals surface area contributed by atoms with E-state index in [1.165, 1.54) is 44.5 Å². The van der Waals surface area contributed by atoms with Gasteiger partial charge >= 0.3 is 0 Å². The number of rotatable bonds is 2. The number of aryl methyl sites for hydroxylation is 3. The molecule has 0 heterocycles. The van der Waals surface area contributed by atoms with E-state index in [2.05, 4.69) is 81.4 Å². The van der Waals surface area contributed by atoms with Gasteiger partial charge in [-0.05, 0) is 66.1 Å². The summed E-state index contributed by atoms with van der Waals surface area (Å²) in [6, 6.07) is 22.4. The summed E-state index contributed by atoms with van der Waals surface area (Å²) < 4.78 is 0. The van der Waals surface area contributed by atoms with Crippen LogP contribution in [0, 0.1) is 20.8 Å². The molecule has 0 heteroatoms. The van der Waals surface area contributed by atoms with Crippen LogP contribution in [0.4, 0.5) is 0 Å². The molecule has 1 aliphatic carbocycles. The van der Waals surface area contributed by atoms with Gasteiger partial charge in [0.1, 0.15) is 0 Å². The maximum Gasteiger partial charge on any atom is 0.0142 e. The van der Waals surface area contributed by atoms with Crippen molar-refractivity contribution in [3.8, 4) is 11.1 Å². The van der Waals surface area contributed by atoms with E-state index in [-0.39, 0.29) is 0 Å². The lowest BCUT2D eigenvalue weighted by atomic mass is 9.86. The van der Waals surface area contributed by atoms with Gasteiger partial charge in [-0.3, -0.25) is 0 Å². The van der Waals surface area contributed by atoms with Crippen molar-refractivity contribution in [2.24, 2.45) is 0 Å². The Kier molecular flexibility index (Phi) is 3.34. The molecule has 0 N–H and O–H groups in total. The lowest BCUT2D eigenvalue weighted by Gasteiger charge is -2.18. The molecule has 0 spiro atoms. The third-order valence-corrected chi connectivity index (χ3v) is 5.21. The summed E-state index contributed by atoms with van der Waals surface area (Å²) >= 11 is 0. The van der Waals surface area contributed by atoms with E-state index in [9.17, 15) is 0 Å². The van der Waals surface area contributed by atoms with Crippen molar-refractivity contribution in [3.05, 3.63) is 94.0 Å². The highest BCUT2D eigenvalue weighted by Crippen LogP contribution is 2.46. The molecule has 3 aromatic rings. The van der Waals surface area contributed by atoms with Crippen molar-refractivity contribution in [2.75, 3.05) is 0 Å². The fourth-order valence-corrected chi connectivity index (χ4v) is 4.22. The van der Waals surface area contributed by atoms with Crippen molar-refractivity contribution >= 4 is 0 Å². The molecule has 0 amide bonds. The monoisotopic (exact) mass is 298 g/mol. The molecule has 0 saturated heterocycles. The van der Waals surface area contributed by atoms with Crippen LogP contribution in [0.3, 0.4) is 0 Å². The van der Waals surface area contributed by atoms with E-state index in [1.54, 1.807) is 0 Å². The second-order valence-electron chi connectivity index (χ2n) is 6.81. The molecule has 0 atom stereocenters. The van der Waals surface area contributed by atoms with Crippen LogP contribution in [-0.4, -0.2) is 0 Å². The first-order valence-electron chi connectivity index (χ1n) is 8.40. The molecule has 0 aliphatic heterocycles. The summed E-state index contributed by atoms with van der Waals surface area (Å²) in [4.78, 5) is 0. The minimum atomic E-state index is 0.475. The molecule has 0 unspecified atom stereocenters. The van der Waals surface area contributed by atoms with Gasteiger partial charge in [-0.1, -0.05) is 66.2 Å². The third-order valence-electron chi connectivity index (χ3n) is 5.21. The number of benzene rings is 3. The van der Waals surface area contributed by atoms with Gasteiger partial charge in [-0.25, -0.2) is 0 Å². The van der Waals surface area contributed by atoms with E-state index in [4.69, 9.17) is 0 Å². The number of hydrogen-bond acceptors (Lipinski definition) is 0. The second-order valence-corrected chi connectivity index (χ2v) is 6.81. The summed E-state index contributed by atoms with van der Waals surface area (Å²) in [7, 11) is 0. The summed E-state index contributed by atoms with van der Waals surface area (Å²) in [5.74, 6) is 0.475. The Balaban J connectivity index is 1.84. The molecule has 3 aromatic carbocycles. The van der Waals surface area contributed by atoms with E-state index in [0.29, 0.717) is 5.92 Å². The van der Waals surface area contributed by atoms with Crippen LogP contribution in [0.25, 0.3) is 11.1 Å². The van der Waals surface area contributed by atoms with Gasteiger partial charge in [0.25, 0.3) is 0 Å². The third kappa shape index (κ3) is 2.30. The lowest BCUT2D eigenvalue weighted by Crippen LogP contribution is -2.05. The van der Waals surface area contributed by atoms with Gasteiger partial charge in [0.15, 0.2) is 0 Å². The molecule has 1 aliphatic rings. The summed E-state index contributed by atoms with van der Waals surface area (Å²) in [5.41, 5.74) is 11.5. The Bertz CT molecular complexity index is 818. The maximum atomic E-state index is 2.31. The largest absolute Gasteiger partial charge is 0.0619 e. The quantitative estimate of drug-likeness (QED) is 0.547. The van der Waals surface area contributed by atoms with Crippen LogP contribution in [-0.2, 0) is 6.42 Å². The standard InChI is InChI=1S/C23H22/c1-15-12-16(2)22(17(3)13-15)14-23-20-10-6-4-8-18(20)19-9-5-7-11-21(19)23/h4-13,23H,14H2,1-3H3. The summed E-state index contributed by atoms with van der Waals surface area (Å²) in [6.45, 7) is 6.69. The van der Waals surface area contributed by atoms with Crippen LogP contribution < -0.4 is 0 Å². The molecule has 23 heavy (non-hydrogen) atoms. The van der Waals surface area contributed by atoms with Gasteiger partial charge in [0, 0.05) is 5.92 Å². The van der Waals surface area contributed by atoms with Crippen molar-refractivity contribution < 1.29 is 0 Å². The lowest BCUT2D eigenvalue weighted by molar-refractivity contribution is 0.815. The van der Waals surface area contributed by atoms with Gasteiger partial charge in [-0.15, -0.1) is 0 Å². The fraction of sp³-hybridized carbons (Fsp3) is 0.217. The second kappa shape index (κ2) is 5.38. The Hall–Kier alpha value is -2.34. The molecule has 0 fully saturated rings. The molecular weight excluding hydrogens is 276 g/mol. The Morgan fingerprint density at radius 2 is 1.17 bits per heavy atom. The summed E-state index contributed by atoms with van der Waals surface area (Å²) in [5, 5.41) is 0. The van der Waals surface area contributed by atoms with Crippen LogP contribution in [0.2, 0.25) is 0 Å². The highest BCUT2D eigenvalue weighted by Gasteiger charge is 2.28. The Morgan fingerprint density at radius 1 is 0.696 bits per heavy atom. The molecule has 4 rings (SSSR count). The molecule has 0 bridgehead atoms. The highest BCUT2D eigenvalue weighted by molar-refractivity contribution is 5.79. The zero-order chi connectivity index (χ0) is 16.0. The topological polar surface area (TPSA) is 0 Å². The summed E-state index contributed by atoms with van der Waals surface area (Å²) in [6.07, 6.45) is 1.09. The number of fused-ring (bicyclic) bond motifs is 3. The number of hydrogen-bond donors (Lipinski definition) is 0. The minimum Gasteiger partial charge on any atom is -0.0619 e. The van der Waals surface area contributed by atoms with Gasteiger partial charge in [-0.2, -0.15) is 0 Å². The highest BCUT2D eigenvalue weighted by atomic mass is 14.3. The van der Waals surface area contributed by atoms with Crippen molar-refractivity contribution in [3.63, 3.8) is 0 Å². The smallest absolute Gasteiger partial charge is 0.0142 e. The van der Waals surface area contributed by atoms with E-state index in [1.807, 2.05) is 0 Å². The Morgan fingerprint density at radius 3 is 1.70 bits per heavy atom.